The molecule has 1 heterocycles. The summed E-state index contributed by atoms with van der Waals surface area (Å²) >= 11 is 0. The summed E-state index contributed by atoms with van der Waals surface area (Å²) in [5.74, 6) is 0.00157. The molecule has 2 nitrogen and oxygen atoms in total. The minimum atomic E-state index is -4.36. The van der Waals surface area contributed by atoms with Crippen LogP contribution in [0, 0.1) is 0 Å². The standard InChI is InChI=1S/C16H20F3NO/c17-16(18,19)13-5-3-4-12(10-13)11-15(21)8-7-14-6-1-2-9-20-14/h3-5,10,14,20H,1-2,6-9,11H2. The van der Waals surface area contributed by atoms with Gasteiger partial charge in [-0.25, -0.2) is 0 Å². The lowest BCUT2D eigenvalue weighted by Crippen LogP contribution is -2.34. The lowest BCUT2D eigenvalue weighted by atomic mass is 9.97. The zero-order valence-corrected chi connectivity index (χ0v) is 11.9. The van der Waals surface area contributed by atoms with Gasteiger partial charge in [-0.15, -0.1) is 0 Å². The summed E-state index contributed by atoms with van der Waals surface area (Å²) in [7, 11) is 0. The molecule has 116 valence electrons. The molecule has 5 heteroatoms. The second kappa shape index (κ2) is 7.07. The molecule has 1 aromatic rings. The predicted molar refractivity (Wildman–Crippen MR) is 75.0 cm³/mol. The third-order valence-electron chi connectivity index (χ3n) is 3.84. The predicted octanol–water partition coefficient (Wildman–Crippen LogP) is 3.74. The van der Waals surface area contributed by atoms with Crippen LogP contribution in [0.2, 0.25) is 0 Å². The van der Waals surface area contributed by atoms with E-state index in [1.807, 2.05) is 0 Å². The third kappa shape index (κ3) is 5.16. The molecule has 21 heavy (non-hydrogen) atoms. The smallest absolute Gasteiger partial charge is 0.314 e. The molecule has 1 saturated heterocycles. The topological polar surface area (TPSA) is 29.1 Å². The van der Waals surface area contributed by atoms with Gasteiger partial charge >= 0.3 is 6.18 Å². The Labute approximate surface area is 122 Å². The SMILES string of the molecule is O=C(CCC1CCCCN1)Cc1cccc(C(F)(F)F)c1. The maximum Gasteiger partial charge on any atom is 0.416 e. The first-order chi connectivity index (χ1) is 9.95. The zero-order chi connectivity index (χ0) is 15.3. The molecule has 0 aromatic heterocycles. The van der Waals surface area contributed by atoms with Crippen molar-refractivity contribution in [2.75, 3.05) is 6.54 Å². The quantitative estimate of drug-likeness (QED) is 0.897. The van der Waals surface area contributed by atoms with Gasteiger partial charge in [0.25, 0.3) is 0 Å². The number of ketones is 1. The molecule has 2 rings (SSSR count). The second-order valence-corrected chi connectivity index (χ2v) is 5.60. The van der Waals surface area contributed by atoms with Crippen molar-refractivity contribution in [3.63, 3.8) is 0 Å². The van der Waals surface area contributed by atoms with Crippen LogP contribution in [0.3, 0.4) is 0 Å². The zero-order valence-electron chi connectivity index (χ0n) is 11.9. The molecule has 0 saturated carbocycles. The van der Waals surface area contributed by atoms with Gasteiger partial charge in [-0.05, 0) is 37.4 Å². The minimum absolute atomic E-state index is 0.00157. The molecule has 0 aliphatic carbocycles. The highest BCUT2D eigenvalue weighted by Crippen LogP contribution is 2.29. The largest absolute Gasteiger partial charge is 0.416 e. The summed E-state index contributed by atoms with van der Waals surface area (Å²) < 4.78 is 37.8. The Morgan fingerprint density at radius 3 is 2.76 bits per heavy atom. The highest BCUT2D eigenvalue weighted by atomic mass is 19.4. The van der Waals surface area contributed by atoms with Gasteiger partial charge in [0.05, 0.1) is 5.56 Å². The van der Waals surface area contributed by atoms with Crippen LogP contribution in [0.15, 0.2) is 24.3 Å². The highest BCUT2D eigenvalue weighted by Gasteiger charge is 2.30. The Balaban J connectivity index is 1.84. The molecule has 0 bridgehead atoms. The van der Waals surface area contributed by atoms with Crippen molar-refractivity contribution in [2.45, 2.75) is 50.7 Å². The van der Waals surface area contributed by atoms with Crippen molar-refractivity contribution >= 4 is 5.78 Å². The van der Waals surface area contributed by atoms with Crippen LogP contribution in [-0.2, 0) is 17.4 Å². The monoisotopic (exact) mass is 299 g/mol. The van der Waals surface area contributed by atoms with Gasteiger partial charge in [-0.1, -0.05) is 24.6 Å². The summed E-state index contributed by atoms with van der Waals surface area (Å²) in [4.78, 5) is 11.9. The first kappa shape index (κ1) is 16.0. The Bertz CT molecular complexity index is 479. The highest BCUT2D eigenvalue weighted by molar-refractivity contribution is 5.80. The van der Waals surface area contributed by atoms with Crippen molar-refractivity contribution in [3.8, 4) is 0 Å². The fraction of sp³-hybridized carbons (Fsp3) is 0.562. The number of carbonyl (C=O) groups excluding carboxylic acids is 1. The van der Waals surface area contributed by atoms with Gasteiger partial charge in [0.2, 0.25) is 0 Å². The number of rotatable bonds is 5. The number of alkyl halides is 3. The van der Waals surface area contributed by atoms with Gasteiger partial charge in [0.15, 0.2) is 0 Å². The molecule has 1 unspecified atom stereocenters. The number of piperidine rings is 1. The van der Waals surface area contributed by atoms with E-state index in [1.165, 1.54) is 18.9 Å². The van der Waals surface area contributed by atoms with Gasteiger partial charge in [0, 0.05) is 18.9 Å². The second-order valence-electron chi connectivity index (χ2n) is 5.60. The summed E-state index contributed by atoms with van der Waals surface area (Å²) in [5, 5.41) is 3.37. The van der Waals surface area contributed by atoms with Crippen LogP contribution < -0.4 is 5.32 Å². The number of benzene rings is 1. The molecule has 1 aromatic carbocycles. The van der Waals surface area contributed by atoms with E-state index < -0.39 is 11.7 Å². The van der Waals surface area contributed by atoms with Gasteiger partial charge in [-0.3, -0.25) is 4.79 Å². The molecule has 0 spiro atoms. The number of hydrogen-bond donors (Lipinski definition) is 1. The Morgan fingerprint density at radius 2 is 2.10 bits per heavy atom. The summed E-state index contributed by atoms with van der Waals surface area (Å²) in [6, 6.07) is 5.40. The Morgan fingerprint density at radius 1 is 1.29 bits per heavy atom. The van der Waals surface area contributed by atoms with E-state index in [0.29, 0.717) is 18.0 Å². The fourth-order valence-electron chi connectivity index (χ4n) is 2.68. The van der Waals surface area contributed by atoms with E-state index in [9.17, 15) is 18.0 Å². The van der Waals surface area contributed by atoms with Crippen LogP contribution in [0.4, 0.5) is 13.2 Å². The van der Waals surface area contributed by atoms with Gasteiger partial charge in [0.1, 0.15) is 5.78 Å². The summed E-state index contributed by atoms with van der Waals surface area (Å²) in [6.07, 6.45) is 0.360. The van der Waals surface area contributed by atoms with E-state index in [-0.39, 0.29) is 12.2 Å². The Hall–Kier alpha value is -1.36. The van der Waals surface area contributed by atoms with Crippen molar-refractivity contribution in [1.29, 1.82) is 0 Å². The molecule has 1 atom stereocenters. The van der Waals surface area contributed by atoms with Crippen LogP contribution in [0.25, 0.3) is 0 Å². The number of Topliss-reactive ketones (excluding diaryl/α,β-unsaturated/α-hetero) is 1. The van der Waals surface area contributed by atoms with Gasteiger partial charge in [-0.2, -0.15) is 13.2 Å². The molecule has 1 N–H and O–H groups in total. The molecule has 1 fully saturated rings. The molecule has 0 amide bonds. The molecular formula is C16H20F3NO. The first-order valence-corrected chi connectivity index (χ1v) is 7.36. The van der Waals surface area contributed by atoms with Crippen LogP contribution in [-0.4, -0.2) is 18.4 Å². The van der Waals surface area contributed by atoms with E-state index >= 15 is 0 Å². The molecular weight excluding hydrogens is 279 g/mol. The van der Waals surface area contributed by atoms with E-state index in [4.69, 9.17) is 0 Å². The van der Waals surface area contributed by atoms with E-state index in [1.54, 1.807) is 6.07 Å². The lowest BCUT2D eigenvalue weighted by molar-refractivity contribution is -0.137. The number of hydrogen-bond acceptors (Lipinski definition) is 2. The Kier molecular flexibility index (Phi) is 5.39. The molecule has 1 aliphatic rings. The van der Waals surface area contributed by atoms with Crippen LogP contribution >= 0.6 is 0 Å². The first-order valence-electron chi connectivity index (χ1n) is 7.36. The summed E-state index contributed by atoms with van der Waals surface area (Å²) in [6.45, 7) is 0.993. The van der Waals surface area contributed by atoms with Crippen molar-refractivity contribution in [3.05, 3.63) is 35.4 Å². The average molecular weight is 299 g/mol. The van der Waals surface area contributed by atoms with E-state index in [0.717, 1.165) is 31.5 Å². The maximum atomic E-state index is 12.6. The van der Waals surface area contributed by atoms with E-state index in [2.05, 4.69) is 5.32 Å². The average Bonchev–Trinajstić information content (AvgIpc) is 2.46. The minimum Gasteiger partial charge on any atom is -0.314 e. The summed E-state index contributed by atoms with van der Waals surface area (Å²) in [5.41, 5.74) is -0.256. The van der Waals surface area contributed by atoms with Gasteiger partial charge < -0.3 is 5.32 Å². The van der Waals surface area contributed by atoms with Crippen molar-refractivity contribution < 1.29 is 18.0 Å². The molecule has 1 aliphatic heterocycles. The maximum absolute atomic E-state index is 12.6. The van der Waals surface area contributed by atoms with Crippen LogP contribution in [0.1, 0.15) is 43.2 Å². The third-order valence-corrected chi connectivity index (χ3v) is 3.84. The van der Waals surface area contributed by atoms with Crippen molar-refractivity contribution in [1.82, 2.24) is 5.32 Å². The number of nitrogens with one attached hydrogen (secondary N) is 1. The normalized spacial score (nSPS) is 19.5. The number of carbonyl (C=O) groups is 1. The van der Waals surface area contributed by atoms with Crippen LogP contribution in [0.5, 0.6) is 0 Å². The lowest BCUT2D eigenvalue weighted by Gasteiger charge is -2.23. The fourth-order valence-corrected chi connectivity index (χ4v) is 2.68. The molecule has 0 radical (unpaired) electrons. The van der Waals surface area contributed by atoms with Crippen molar-refractivity contribution in [2.24, 2.45) is 0 Å². The number of halogens is 3.